The predicted octanol–water partition coefficient (Wildman–Crippen LogP) is 4.87. The second-order valence-corrected chi connectivity index (χ2v) is 6.74. The van der Waals surface area contributed by atoms with Gasteiger partial charge in [0.2, 0.25) is 0 Å². The fraction of sp³-hybridized carbons (Fsp3) is 0.625. The molecule has 1 aromatic rings. The average Bonchev–Trinajstić information content (AvgIpc) is 2.41. The molecule has 0 aliphatic rings. The SMILES string of the molecule is CCCC(C)N(C)CCC(NC)c1ccc(Br)cc1Cl. The summed E-state index contributed by atoms with van der Waals surface area (Å²) < 4.78 is 1.02. The van der Waals surface area contributed by atoms with Crippen LogP contribution >= 0.6 is 27.5 Å². The minimum Gasteiger partial charge on any atom is -0.313 e. The highest BCUT2D eigenvalue weighted by Gasteiger charge is 2.15. The first-order valence-electron chi connectivity index (χ1n) is 7.32. The molecular formula is C16H26BrClN2. The van der Waals surface area contributed by atoms with Crippen LogP contribution in [0.3, 0.4) is 0 Å². The van der Waals surface area contributed by atoms with Crippen LogP contribution in [0.25, 0.3) is 0 Å². The van der Waals surface area contributed by atoms with Crippen molar-refractivity contribution in [1.29, 1.82) is 0 Å². The Morgan fingerprint density at radius 2 is 2.05 bits per heavy atom. The molecule has 114 valence electrons. The molecule has 0 saturated heterocycles. The number of rotatable bonds is 8. The van der Waals surface area contributed by atoms with Crippen molar-refractivity contribution in [1.82, 2.24) is 10.2 Å². The molecule has 0 fully saturated rings. The Bertz CT molecular complexity index is 411. The summed E-state index contributed by atoms with van der Waals surface area (Å²) in [5.74, 6) is 0. The van der Waals surface area contributed by atoms with E-state index in [9.17, 15) is 0 Å². The van der Waals surface area contributed by atoms with Crippen LogP contribution in [0.5, 0.6) is 0 Å². The molecule has 0 amide bonds. The van der Waals surface area contributed by atoms with Gasteiger partial charge in [-0.15, -0.1) is 0 Å². The lowest BCUT2D eigenvalue weighted by atomic mass is 10.0. The third-order valence-electron chi connectivity index (χ3n) is 3.92. The Morgan fingerprint density at radius 3 is 2.60 bits per heavy atom. The summed E-state index contributed by atoms with van der Waals surface area (Å²) >= 11 is 9.80. The number of hydrogen-bond donors (Lipinski definition) is 1. The molecule has 0 radical (unpaired) electrons. The van der Waals surface area contributed by atoms with Crippen LogP contribution in [0.1, 0.15) is 44.7 Å². The summed E-state index contributed by atoms with van der Waals surface area (Å²) in [6.07, 6.45) is 3.54. The van der Waals surface area contributed by atoms with E-state index in [0.29, 0.717) is 12.1 Å². The molecule has 0 aliphatic carbocycles. The van der Waals surface area contributed by atoms with E-state index in [1.807, 2.05) is 13.1 Å². The van der Waals surface area contributed by atoms with Crippen molar-refractivity contribution in [3.8, 4) is 0 Å². The van der Waals surface area contributed by atoms with Crippen LogP contribution in [0, 0.1) is 0 Å². The third-order valence-corrected chi connectivity index (χ3v) is 4.74. The van der Waals surface area contributed by atoms with Gasteiger partial charge in [-0.05, 0) is 58.1 Å². The largest absolute Gasteiger partial charge is 0.313 e. The van der Waals surface area contributed by atoms with Crippen LogP contribution in [-0.2, 0) is 0 Å². The quantitative estimate of drug-likeness (QED) is 0.710. The highest BCUT2D eigenvalue weighted by Crippen LogP contribution is 2.28. The highest BCUT2D eigenvalue weighted by molar-refractivity contribution is 9.10. The van der Waals surface area contributed by atoms with Crippen molar-refractivity contribution in [2.75, 3.05) is 20.6 Å². The van der Waals surface area contributed by atoms with Crippen LogP contribution in [-0.4, -0.2) is 31.6 Å². The predicted molar refractivity (Wildman–Crippen MR) is 92.6 cm³/mol. The number of halogens is 2. The zero-order valence-electron chi connectivity index (χ0n) is 12.9. The Kier molecular flexibility index (Phi) is 8.11. The van der Waals surface area contributed by atoms with E-state index in [2.05, 4.69) is 59.2 Å². The lowest BCUT2D eigenvalue weighted by molar-refractivity contribution is 0.232. The molecule has 20 heavy (non-hydrogen) atoms. The van der Waals surface area contributed by atoms with Gasteiger partial charge in [0.15, 0.2) is 0 Å². The Morgan fingerprint density at radius 1 is 1.35 bits per heavy atom. The summed E-state index contributed by atoms with van der Waals surface area (Å²) in [5.41, 5.74) is 1.17. The molecule has 2 atom stereocenters. The van der Waals surface area contributed by atoms with Crippen LogP contribution in [0.15, 0.2) is 22.7 Å². The van der Waals surface area contributed by atoms with Gasteiger partial charge in [0.25, 0.3) is 0 Å². The lowest BCUT2D eigenvalue weighted by Gasteiger charge is -2.27. The lowest BCUT2D eigenvalue weighted by Crippen LogP contribution is -2.32. The smallest absolute Gasteiger partial charge is 0.0465 e. The van der Waals surface area contributed by atoms with Gasteiger partial charge in [-0.3, -0.25) is 0 Å². The first-order valence-corrected chi connectivity index (χ1v) is 8.49. The minimum atomic E-state index is 0.298. The zero-order chi connectivity index (χ0) is 15.1. The third kappa shape index (κ3) is 5.36. The van der Waals surface area contributed by atoms with Crippen molar-refractivity contribution in [3.63, 3.8) is 0 Å². The molecule has 2 nitrogen and oxygen atoms in total. The molecule has 0 aliphatic heterocycles. The zero-order valence-corrected chi connectivity index (χ0v) is 15.3. The van der Waals surface area contributed by atoms with Gasteiger partial charge in [-0.25, -0.2) is 0 Å². The summed E-state index contributed by atoms with van der Waals surface area (Å²) in [6.45, 7) is 5.60. The van der Waals surface area contributed by atoms with E-state index in [1.165, 1.54) is 18.4 Å². The van der Waals surface area contributed by atoms with E-state index >= 15 is 0 Å². The molecule has 0 aromatic heterocycles. The second-order valence-electron chi connectivity index (χ2n) is 5.41. The summed E-state index contributed by atoms with van der Waals surface area (Å²) in [5, 5.41) is 4.20. The van der Waals surface area contributed by atoms with Crippen molar-refractivity contribution in [2.24, 2.45) is 0 Å². The van der Waals surface area contributed by atoms with Crippen molar-refractivity contribution >= 4 is 27.5 Å². The molecule has 0 saturated carbocycles. The fourth-order valence-electron chi connectivity index (χ4n) is 2.43. The van der Waals surface area contributed by atoms with Crippen LogP contribution in [0.2, 0.25) is 5.02 Å². The topological polar surface area (TPSA) is 15.3 Å². The second kappa shape index (κ2) is 9.04. The van der Waals surface area contributed by atoms with Gasteiger partial charge in [-0.1, -0.05) is 46.9 Å². The van der Waals surface area contributed by atoms with Gasteiger partial charge >= 0.3 is 0 Å². The molecule has 0 spiro atoms. The van der Waals surface area contributed by atoms with E-state index in [4.69, 9.17) is 11.6 Å². The molecule has 0 heterocycles. The monoisotopic (exact) mass is 360 g/mol. The Balaban J connectivity index is 2.63. The van der Waals surface area contributed by atoms with Crippen LogP contribution in [0.4, 0.5) is 0 Å². The Labute approximate surface area is 137 Å². The minimum absolute atomic E-state index is 0.298. The van der Waals surface area contributed by atoms with E-state index in [1.54, 1.807) is 0 Å². The molecule has 1 rings (SSSR count). The van der Waals surface area contributed by atoms with E-state index in [-0.39, 0.29) is 0 Å². The number of benzene rings is 1. The first-order chi connectivity index (χ1) is 9.49. The Hall–Kier alpha value is -0.0900. The molecule has 2 unspecified atom stereocenters. The first kappa shape index (κ1) is 18.0. The molecule has 4 heteroatoms. The maximum absolute atomic E-state index is 6.35. The van der Waals surface area contributed by atoms with Crippen LogP contribution < -0.4 is 5.32 Å². The van der Waals surface area contributed by atoms with Crippen molar-refractivity contribution < 1.29 is 0 Å². The molecular weight excluding hydrogens is 336 g/mol. The van der Waals surface area contributed by atoms with Gasteiger partial charge in [0.05, 0.1) is 0 Å². The summed E-state index contributed by atoms with van der Waals surface area (Å²) in [4.78, 5) is 2.43. The number of hydrogen-bond acceptors (Lipinski definition) is 2. The summed E-state index contributed by atoms with van der Waals surface area (Å²) in [6, 6.07) is 7.05. The standard InChI is InChI=1S/C16H26BrClN2/c1-5-6-12(2)20(4)10-9-16(19-3)14-8-7-13(17)11-15(14)18/h7-8,11-12,16,19H,5-6,9-10H2,1-4H3. The molecule has 1 N–H and O–H groups in total. The maximum Gasteiger partial charge on any atom is 0.0465 e. The van der Waals surface area contributed by atoms with E-state index < -0.39 is 0 Å². The average molecular weight is 362 g/mol. The maximum atomic E-state index is 6.35. The van der Waals surface area contributed by atoms with Gasteiger partial charge in [0, 0.05) is 21.6 Å². The van der Waals surface area contributed by atoms with Gasteiger partial charge in [-0.2, -0.15) is 0 Å². The van der Waals surface area contributed by atoms with Crippen molar-refractivity contribution in [2.45, 2.75) is 45.2 Å². The number of nitrogens with one attached hydrogen (secondary N) is 1. The summed E-state index contributed by atoms with van der Waals surface area (Å²) in [7, 11) is 4.20. The van der Waals surface area contributed by atoms with E-state index in [0.717, 1.165) is 22.5 Å². The molecule has 1 aromatic carbocycles. The normalized spacial score (nSPS) is 14.6. The van der Waals surface area contributed by atoms with Gasteiger partial charge < -0.3 is 10.2 Å². The van der Waals surface area contributed by atoms with Crippen molar-refractivity contribution in [3.05, 3.63) is 33.3 Å². The number of nitrogens with zero attached hydrogens (tertiary/aromatic N) is 1. The van der Waals surface area contributed by atoms with Gasteiger partial charge in [0.1, 0.15) is 0 Å². The molecule has 0 bridgehead atoms. The highest BCUT2D eigenvalue weighted by atomic mass is 79.9. The fourth-order valence-corrected chi connectivity index (χ4v) is 3.24.